The Bertz CT molecular complexity index is 937. The van der Waals surface area contributed by atoms with E-state index in [1.54, 1.807) is 29.9 Å². The molecule has 0 radical (unpaired) electrons. The number of thiazole rings is 1. The van der Waals surface area contributed by atoms with E-state index < -0.39 is 0 Å². The molecule has 5 aromatic rings. The molecule has 0 aliphatic carbocycles. The Morgan fingerprint density at radius 1 is 0.548 bits per heavy atom. The van der Waals surface area contributed by atoms with Gasteiger partial charge in [0.1, 0.15) is 23.8 Å². The number of aromatic nitrogens is 10. The van der Waals surface area contributed by atoms with E-state index in [1.807, 2.05) is 30.0 Å². The van der Waals surface area contributed by atoms with Gasteiger partial charge in [0.2, 0.25) is 0 Å². The zero-order valence-corrected chi connectivity index (χ0v) is 26.5. The van der Waals surface area contributed by atoms with Gasteiger partial charge >= 0.3 is 0 Å². The number of aromatic amines is 4. The molecule has 42 heavy (non-hydrogen) atoms. The zero-order chi connectivity index (χ0) is 29.9. The van der Waals surface area contributed by atoms with Crippen LogP contribution in [0.1, 0.15) is 142 Å². The molecule has 5 heterocycles. The van der Waals surface area contributed by atoms with E-state index in [0.29, 0.717) is 29.6 Å². The summed E-state index contributed by atoms with van der Waals surface area (Å²) in [6, 6.07) is 1.99. The second kappa shape index (κ2) is 23.0. The van der Waals surface area contributed by atoms with E-state index in [0.717, 1.165) is 17.5 Å². The summed E-state index contributed by atoms with van der Waals surface area (Å²) in [6.45, 7) is 21.1. The molecule has 11 heteroatoms. The standard InChI is InChI=1S/3C6H10N2.C6H9NS.C5H9N3.2CH4/c2*1-5(2)6-7-3-4-8-6;1-5(2)6-3-4-7-8-6;1-5(2)6-7-3-4-8-6;1-4(2)5-6-3-7-8-5;;/h3*3-5H,1-2H3,(H,7,8);3-5H,1-2H3;3-4H,1-2H3,(H,6,7,8);2*1H4. The molecule has 0 bridgehead atoms. The molecule has 0 amide bonds. The van der Waals surface area contributed by atoms with Crippen molar-refractivity contribution >= 4 is 11.3 Å². The molecule has 0 aliphatic rings. The van der Waals surface area contributed by atoms with Gasteiger partial charge in [-0.05, 0) is 12.0 Å². The number of H-pyrrole nitrogens is 4. The monoisotopic (exact) mass is 600 g/mol. The van der Waals surface area contributed by atoms with Crippen molar-refractivity contribution in [1.29, 1.82) is 0 Å². The van der Waals surface area contributed by atoms with Crippen molar-refractivity contribution in [3.63, 3.8) is 0 Å². The summed E-state index contributed by atoms with van der Waals surface area (Å²) < 4.78 is 0. The highest BCUT2D eigenvalue weighted by molar-refractivity contribution is 7.09. The van der Waals surface area contributed by atoms with Gasteiger partial charge in [-0.1, -0.05) is 84.1 Å². The van der Waals surface area contributed by atoms with Crippen molar-refractivity contribution in [2.75, 3.05) is 0 Å². The average molecular weight is 601 g/mol. The van der Waals surface area contributed by atoms with Gasteiger partial charge in [0, 0.05) is 71.9 Å². The minimum absolute atomic E-state index is 0. The molecular weight excluding hydrogens is 544 g/mol. The van der Waals surface area contributed by atoms with E-state index in [4.69, 9.17) is 0 Å². The van der Waals surface area contributed by atoms with Crippen LogP contribution in [0, 0.1) is 0 Å². The van der Waals surface area contributed by atoms with E-state index in [2.05, 4.69) is 120 Å². The van der Waals surface area contributed by atoms with E-state index in [9.17, 15) is 0 Å². The Morgan fingerprint density at radius 3 is 1.29 bits per heavy atom. The highest BCUT2D eigenvalue weighted by Gasteiger charge is 1.99. The maximum absolute atomic E-state index is 4.13. The summed E-state index contributed by atoms with van der Waals surface area (Å²) in [5.74, 6) is 5.72. The molecule has 0 spiro atoms. The molecule has 5 rings (SSSR count). The first kappa shape index (κ1) is 40.5. The molecular formula is C31H56N10S. The van der Waals surface area contributed by atoms with Gasteiger partial charge in [-0.25, -0.2) is 19.9 Å². The van der Waals surface area contributed by atoms with Crippen LogP contribution in [0.25, 0.3) is 0 Å². The fourth-order valence-corrected chi connectivity index (χ4v) is 3.44. The third kappa shape index (κ3) is 17.3. The first-order valence-electron chi connectivity index (χ1n) is 13.7. The van der Waals surface area contributed by atoms with Crippen LogP contribution < -0.4 is 0 Å². The smallest absolute Gasteiger partial charge is 0.137 e. The fourth-order valence-electron chi connectivity index (χ4n) is 2.79. The number of nitrogens with zero attached hydrogens (tertiary/aromatic N) is 6. The van der Waals surface area contributed by atoms with Crippen LogP contribution in [0.15, 0.2) is 55.0 Å². The van der Waals surface area contributed by atoms with Gasteiger partial charge in [-0.3, -0.25) is 10.2 Å². The normalized spacial score (nSPS) is 9.88. The van der Waals surface area contributed by atoms with Crippen LogP contribution in [0.2, 0.25) is 0 Å². The van der Waals surface area contributed by atoms with E-state index in [-0.39, 0.29) is 14.9 Å². The number of imidazole rings is 2. The summed E-state index contributed by atoms with van der Waals surface area (Å²) >= 11 is 1.72. The Labute approximate surface area is 258 Å². The first-order valence-corrected chi connectivity index (χ1v) is 14.6. The molecule has 0 saturated carbocycles. The Morgan fingerprint density at radius 2 is 1.10 bits per heavy atom. The van der Waals surface area contributed by atoms with Crippen molar-refractivity contribution < 1.29 is 0 Å². The summed E-state index contributed by atoms with van der Waals surface area (Å²) in [6.07, 6.45) is 12.4. The predicted molar refractivity (Wildman–Crippen MR) is 178 cm³/mol. The molecule has 0 fully saturated rings. The largest absolute Gasteiger partial charge is 0.348 e. The zero-order valence-electron chi connectivity index (χ0n) is 25.7. The number of nitrogens with one attached hydrogen (secondary N) is 4. The van der Waals surface area contributed by atoms with Crippen LogP contribution in [0.3, 0.4) is 0 Å². The molecule has 10 nitrogen and oxygen atoms in total. The Balaban J connectivity index is 0. The SMILES string of the molecule is C.C.CC(C)c1ccn[nH]1.CC(C)c1ncc[nH]1.CC(C)c1ncc[nH]1.CC(C)c1nccs1.CC(C)c1ncn[nH]1. The summed E-state index contributed by atoms with van der Waals surface area (Å²) in [5.41, 5.74) is 1.20. The molecule has 0 atom stereocenters. The van der Waals surface area contributed by atoms with Crippen LogP contribution >= 0.6 is 11.3 Å². The van der Waals surface area contributed by atoms with Crippen LogP contribution in [-0.2, 0) is 0 Å². The summed E-state index contributed by atoms with van der Waals surface area (Å²) in [5, 5.41) is 16.4. The summed E-state index contributed by atoms with van der Waals surface area (Å²) in [4.78, 5) is 22.3. The predicted octanol–water partition coefficient (Wildman–Crippen LogP) is 9.07. The second-order valence-corrected chi connectivity index (χ2v) is 11.4. The van der Waals surface area contributed by atoms with Crippen molar-refractivity contribution in [1.82, 2.24) is 50.3 Å². The lowest BCUT2D eigenvalue weighted by Crippen LogP contribution is -1.88. The van der Waals surface area contributed by atoms with E-state index >= 15 is 0 Å². The molecule has 0 aliphatic heterocycles. The second-order valence-electron chi connectivity index (χ2n) is 10.5. The van der Waals surface area contributed by atoms with Gasteiger partial charge in [0.05, 0.1) is 5.01 Å². The number of hydrogen-bond donors (Lipinski definition) is 4. The van der Waals surface area contributed by atoms with Crippen molar-refractivity contribution in [3.05, 3.63) is 83.1 Å². The maximum atomic E-state index is 4.13. The van der Waals surface area contributed by atoms with Gasteiger partial charge < -0.3 is 9.97 Å². The quantitative estimate of drug-likeness (QED) is 0.159. The Kier molecular flexibility index (Phi) is 22.2. The van der Waals surface area contributed by atoms with Gasteiger partial charge in [0.15, 0.2) is 0 Å². The van der Waals surface area contributed by atoms with Gasteiger partial charge in [-0.2, -0.15) is 10.2 Å². The minimum atomic E-state index is 0. The average Bonchev–Trinajstić information content (AvgIpc) is 3.74. The van der Waals surface area contributed by atoms with E-state index in [1.165, 1.54) is 17.0 Å². The molecule has 4 N–H and O–H groups in total. The molecule has 5 aromatic heterocycles. The lowest BCUT2D eigenvalue weighted by Gasteiger charge is -1.95. The number of hydrogen-bond acceptors (Lipinski definition) is 7. The molecule has 0 unspecified atom stereocenters. The molecule has 0 saturated heterocycles. The van der Waals surface area contributed by atoms with Crippen LogP contribution in [0.4, 0.5) is 0 Å². The molecule has 236 valence electrons. The molecule has 0 aromatic carbocycles. The topological polar surface area (TPSA) is 140 Å². The summed E-state index contributed by atoms with van der Waals surface area (Å²) in [7, 11) is 0. The van der Waals surface area contributed by atoms with Crippen molar-refractivity contribution in [3.8, 4) is 0 Å². The van der Waals surface area contributed by atoms with Gasteiger partial charge in [0.25, 0.3) is 0 Å². The van der Waals surface area contributed by atoms with Crippen LogP contribution in [0.5, 0.6) is 0 Å². The lowest BCUT2D eigenvalue weighted by atomic mass is 10.1. The third-order valence-electron chi connectivity index (χ3n) is 5.20. The maximum Gasteiger partial charge on any atom is 0.137 e. The number of rotatable bonds is 5. The highest BCUT2D eigenvalue weighted by atomic mass is 32.1. The third-order valence-corrected chi connectivity index (χ3v) is 6.28. The Hall–Kier alpha value is -3.60. The highest BCUT2D eigenvalue weighted by Crippen LogP contribution is 2.15. The lowest BCUT2D eigenvalue weighted by molar-refractivity contribution is 0.781. The van der Waals surface area contributed by atoms with Crippen molar-refractivity contribution in [2.45, 2.75) is 114 Å². The van der Waals surface area contributed by atoms with Crippen LogP contribution in [-0.4, -0.2) is 50.3 Å². The van der Waals surface area contributed by atoms with Crippen molar-refractivity contribution in [2.24, 2.45) is 0 Å². The first-order chi connectivity index (χ1) is 19.0. The van der Waals surface area contributed by atoms with Gasteiger partial charge in [-0.15, -0.1) is 11.3 Å². The minimum Gasteiger partial charge on any atom is -0.348 e. The fraction of sp³-hybridized carbons (Fsp3) is 0.548.